The zero-order valence-electron chi connectivity index (χ0n) is 15.2. The van der Waals surface area contributed by atoms with Gasteiger partial charge < -0.3 is 0 Å². The molecule has 4 heteroatoms. The van der Waals surface area contributed by atoms with Gasteiger partial charge in [-0.3, -0.25) is 14.4 Å². The second-order valence-corrected chi connectivity index (χ2v) is 7.31. The molecule has 126 valence electrons. The summed E-state index contributed by atoms with van der Waals surface area (Å²) in [5.41, 5.74) is 6.23. The van der Waals surface area contributed by atoms with E-state index in [9.17, 15) is 4.79 Å². The summed E-state index contributed by atoms with van der Waals surface area (Å²) in [6, 6.07) is 10.1. The second kappa shape index (κ2) is 5.12. The van der Waals surface area contributed by atoms with Crippen molar-refractivity contribution in [2.24, 2.45) is 4.99 Å². The van der Waals surface area contributed by atoms with Gasteiger partial charge in [-0.1, -0.05) is 24.3 Å². The fourth-order valence-corrected chi connectivity index (χ4v) is 3.51. The van der Waals surface area contributed by atoms with Crippen molar-refractivity contribution in [3.05, 3.63) is 64.5 Å². The quantitative estimate of drug-likeness (QED) is 0.619. The molecular formula is C21H21N3O. The van der Waals surface area contributed by atoms with Crippen LogP contribution in [0.4, 0.5) is 0 Å². The average Bonchev–Trinajstić information content (AvgIpc) is 2.99. The van der Waals surface area contributed by atoms with E-state index in [-0.39, 0.29) is 5.78 Å². The highest BCUT2D eigenvalue weighted by atomic mass is 16.1. The number of Topliss-reactive ketones (excluding diaryl/α,β-unsaturated/α-hetero) is 1. The first-order valence-electron chi connectivity index (χ1n) is 8.49. The van der Waals surface area contributed by atoms with E-state index in [0.29, 0.717) is 0 Å². The van der Waals surface area contributed by atoms with E-state index in [2.05, 4.69) is 31.0 Å². The number of nitrogens with zero attached hydrogens (tertiary/aromatic N) is 3. The number of imidazole rings is 1. The fraction of sp³-hybridized carbons (Fsp3) is 0.286. The third-order valence-electron chi connectivity index (χ3n) is 5.15. The molecule has 1 aliphatic rings. The van der Waals surface area contributed by atoms with Crippen LogP contribution in [0.3, 0.4) is 0 Å². The number of carbonyl (C=O) groups excluding carboxylic acids is 1. The molecule has 0 unspecified atom stereocenters. The smallest absolute Gasteiger partial charge is 0.190 e. The minimum absolute atomic E-state index is 0.0702. The second-order valence-electron chi connectivity index (χ2n) is 7.31. The maximum absolute atomic E-state index is 12.9. The van der Waals surface area contributed by atoms with E-state index < -0.39 is 5.54 Å². The van der Waals surface area contributed by atoms with Crippen molar-refractivity contribution in [2.45, 2.75) is 40.2 Å². The largest absolute Gasteiger partial charge is 0.291 e. The predicted molar refractivity (Wildman–Crippen MR) is 101 cm³/mol. The lowest BCUT2D eigenvalue weighted by molar-refractivity contribution is 0.0911. The molecule has 4 rings (SSSR count). The summed E-state index contributed by atoms with van der Waals surface area (Å²) in [5.74, 6) is 0.856. The van der Waals surface area contributed by atoms with Crippen molar-refractivity contribution < 1.29 is 4.79 Å². The molecule has 2 aromatic carbocycles. The van der Waals surface area contributed by atoms with Gasteiger partial charge in [-0.15, -0.1) is 0 Å². The topological polar surface area (TPSA) is 47.2 Å². The number of rotatable bonds is 0. The Morgan fingerprint density at radius 3 is 2.52 bits per heavy atom. The number of hydrogen-bond acceptors (Lipinski definition) is 3. The molecule has 0 spiro atoms. The van der Waals surface area contributed by atoms with Gasteiger partial charge in [0, 0.05) is 11.1 Å². The molecule has 2 heterocycles. The average molecular weight is 331 g/mol. The molecule has 0 radical (unpaired) electrons. The van der Waals surface area contributed by atoms with Crippen LogP contribution in [0.5, 0.6) is 0 Å². The number of carbonyl (C=O) groups is 1. The third-order valence-corrected chi connectivity index (χ3v) is 5.15. The first-order chi connectivity index (χ1) is 11.8. The monoisotopic (exact) mass is 331 g/mol. The highest BCUT2D eigenvalue weighted by molar-refractivity contribution is 6.19. The zero-order valence-corrected chi connectivity index (χ0v) is 15.2. The van der Waals surface area contributed by atoms with Crippen molar-refractivity contribution in [2.75, 3.05) is 0 Å². The maximum atomic E-state index is 12.9. The van der Waals surface area contributed by atoms with Crippen LogP contribution in [-0.2, 0) is 0 Å². The summed E-state index contributed by atoms with van der Waals surface area (Å²) < 4.78 is 2.01. The Bertz CT molecular complexity index is 1070. The molecule has 1 aliphatic heterocycles. The van der Waals surface area contributed by atoms with Crippen molar-refractivity contribution >= 4 is 22.7 Å². The van der Waals surface area contributed by atoms with Gasteiger partial charge in [-0.2, -0.15) is 0 Å². The molecule has 0 amide bonds. The lowest BCUT2D eigenvalue weighted by Crippen LogP contribution is -2.38. The van der Waals surface area contributed by atoms with E-state index >= 15 is 0 Å². The summed E-state index contributed by atoms with van der Waals surface area (Å²) in [6.07, 6.45) is 1.81. The SMILES string of the molecule is Cc1cccc2c1C(=O)C(C)(C)N=C2n1cnc2c(C)c(C)ccc21. The molecule has 0 saturated heterocycles. The summed E-state index contributed by atoms with van der Waals surface area (Å²) in [5, 5.41) is 0. The molecule has 0 fully saturated rings. The van der Waals surface area contributed by atoms with Crippen LogP contribution in [-0.4, -0.2) is 26.7 Å². The number of ketones is 1. The van der Waals surface area contributed by atoms with Crippen LogP contribution in [0.25, 0.3) is 11.0 Å². The first-order valence-corrected chi connectivity index (χ1v) is 8.49. The maximum Gasteiger partial charge on any atom is 0.190 e. The Morgan fingerprint density at radius 1 is 1.00 bits per heavy atom. The highest BCUT2D eigenvalue weighted by Gasteiger charge is 2.37. The number of benzene rings is 2. The molecule has 3 aromatic rings. The highest BCUT2D eigenvalue weighted by Crippen LogP contribution is 2.31. The molecule has 0 atom stereocenters. The minimum Gasteiger partial charge on any atom is -0.291 e. The van der Waals surface area contributed by atoms with Gasteiger partial charge in [0.25, 0.3) is 0 Å². The summed E-state index contributed by atoms with van der Waals surface area (Å²) >= 11 is 0. The van der Waals surface area contributed by atoms with Gasteiger partial charge in [0.15, 0.2) is 5.78 Å². The molecule has 1 aromatic heterocycles. The Labute approximate surface area is 147 Å². The van der Waals surface area contributed by atoms with E-state index in [4.69, 9.17) is 4.99 Å². The van der Waals surface area contributed by atoms with E-state index in [1.54, 1.807) is 0 Å². The van der Waals surface area contributed by atoms with Gasteiger partial charge in [-0.05, 0) is 57.4 Å². The normalized spacial score (nSPS) is 16.0. The van der Waals surface area contributed by atoms with Crippen LogP contribution in [0.2, 0.25) is 0 Å². The van der Waals surface area contributed by atoms with Gasteiger partial charge in [-0.25, -0.2) is 4.98 Å². The molecule has 0 saturated carbocycles. The summed E-state index contributed by atoms with van der Waals surface area (Å²) in [7, 11) is 0. The lowest BCUT2D eigenvalue weighted by atomic mass is 9.84. The molecular weight excluding hydrogens is 310 g/mol. The lowest BCUT2D eigenvalue weighted by Gasteiger charge is -2.29. The standard InChI is InChI=1S/C21H21N3O/c1-12-9-10-16-18(14(12)3)22-11-24(16)20-15-8-6-7-13(2)17(15)19(25)21(4,5)23-20/h6-11H,1-5H3. The van der Waals surface area contributed by atoms with Crippen LogP contribution < -0.4 is 0 Å². The van der Waals surface area contributed by atoms with Crippen molar-refractivity contribution in [1.82, 2.24) is 9.55 Å². The van der Waals surface area contributed by atoms with Gasteiger partial charge >= 0.3 is 0 Å². The number of aromatic nitrogens is 2. The molecule has 0 bridgehead atoms. The molecule has 0 aliphatic carbocycles. The zero-order chi connectivity index (χ0) is 17.9. The molecule has 25 heavy (non-hydrogen) atoms. The Morgan fingerprint density at radius 2 is 1.76 bits per heavy atom. The fourth-order valence-electron chi connectivity index (χ4n) is 3.51. The van der Waals surface area contributed by atoms with Gasteiger partial charge in [0.05, 0.1) is 11.0 Å². The minimum atomic E-state index is -0.787. The number of aryl methyl sites for hydroxylation is 3. The summed E-state index contributed by atoms with van der Waals surface area (Å²) in [6.45, 7) is 9.91. The van der Waals surface area contributed by atoms with Crippen molar-refractivity contribution in [3.8, 4) is 0 Å². The van der Waals surface area contributed by atoms with Gasteiger partial charge in [0.1, 0.15) is 17.7 Å². The van der Waals surface area contributed by atoms with E-state index in [1.807, 2.05) is 49.9 Å². The number of aliphatic imine (C=N–C) groups is 1. The van der Waals surface area contributed by atoms with E-state index in [1.165, 1.54) is 11.1 Å². The van der Waals surface area contributed by atoms with Crippen LogP contribution in [0, 0.1) is 20.8 Å². The summed E-state index contributed by atoms with van der Waals surface area (Å²) in [4.78, 5) is 22.3. The Balaban J connectivity index is 2.05. The Kier molecular flexibility index (Phi) is 3.23. The van der Waals surface area contributed by atoms with Crippen LogP contribution >= 0.6 is 0 Å². The molecule has 0 N–H and O–H groups in total. The third kappa shape index (κ3) is 2.17. The number of hydrogen-bond donors (Lipinski definition) is 0. The van der Waals surface area contributed by atoms with Crippen LogP contribution in [0.1, 0.15) is 46.5 Å². The van der Waals surface area contributed by atoms with Crippen molar-refractivity contribution in [1.29, 1.82) is 0 Å². The number of fused-ring (bicyclic) bond motifs is 2. The van der Waals surface area contributed by atoms with Gasteiger partial charge in [0.2, 0.25) is 0 Å². The molecule has 4 nitrogen and oxygen atoms in total. The predicted octanol–water partition coefficient (Wildman–Crippen LogP) is 4.23. The first kappa shape index (κ1) is 15.8. The van der Waals surface area contributed by atoms with Crippen molar-refractivity contribution in [3.63, 3.8) is 0 Å². The van der Waals surface area contributed by atoms with Crippen LogP contribution in [0.15, 0.2) is 41.7 Å². The Hall–Kier alpha value is -2.75. The van der Waals surface area contributed by atoms with E-state index in [0.717, 1.165) is 33.6 Å².